The molecule has 0 fully saturated rings. The van der Waals surface area contributed by atoms with E-state index in [0.717, 1.165) is 28.3 Å². The summed E-state index contributed by atoms with van der Waals surface area (Å²) in [6, 6.07) is 18.7. The highest BCUT2D eigenvalue weighted by Gasteiger charge is 2.39. The summed E-state index contributed by atoms with van der Waals surface area (Å²) in [6.45, 7) is 0. The number of ether oxygens (including phenoxy) is 1. The van der Waals surface area contributed by atoms with Gasteiger partial charge in [-0.15, -0.1) is 0 Å². The van der Waals surface area contributed by atoms with Crippen LogP contribution in [0, 0.1) is 0 Å². The molecule has 0 aromatic heterocycles. The first-order valence-electron chi connectivity index (χ1n) is 9.74. The monoisotopic (exact) mass is 416 g/mol. The second kappa shape index (κ2) is 8.36. The van der Waals surface area contributed by atoms with Crippen LogP contribution in [-0.4, -0.2) is 27.3 Å². The predicted octanol–water partition coefficient (Wildman–Crippen LogP) is 4.22. The number of carbonyl (C=O) groups is 2. The van der Waals surface area contributed by atoms with Gasteiger partial charge in [-0.2, -0.15) is 0 Å². The molecule has 1 aliphatic rings. The molecule has 1 aliphatic heterocycles. The molecular formula is C25H20O6. The van der Waals surface area contributed by atoms with Gasteiger partial charge < -0.3 is 20.1 Å². The first kappa shape index (κ1) is 20.2. The lowest BCUT2D eigenvalue weighted by Crippen LogP contribution is -2.31. The van der Waals surface area contributed by atoms with Crippen molar-refractivity contribution in [1.29, 1.82) is 0 Å². The summed E-state index contributed by atoms with van der Waals surface area (Å²) < 4.78 is 5.53. The summed E-state index contributed by atoms with van der Waals surface area (Å²) >= 11 is 0. The summed E-state index contributed by atoms with van der Waals surface area (Å²) in [5.41, 5.74) is 3.27. The molecule has 1 heterocycles. The van der Waals surface area contributed by atoms with Gasteiger partial charge in [-0.25, -0.2) is 4.79 Å². The molecule has 0 aliphatic carbocycles. The Hall–Kier alpha value is -4.06. The molecule has 3 N–H and O–H groups in total. The van der Waals surface area contributed by atoms with Gasteiger partial charge in [-0.1, -0.05) is 42.5 Å². The molecule has 0 bridgehead atoms. The minimum Gasteiger partial charge on any atom is -0.508 e. The van der Waals surface area contributed by atoms with Gasteiger partial charge in [0.05, 0.1) is 5.92 Å². The molecule has 2 atom stereocenters. The van der Waals surface area contributed by atoms with Gasteiger partial charge in [0.1, 0.15) is 17.2 Å². The van der Waals surface area contributed by atoms with Crippen LogP contribution >= 0.6 is 0 Å². The predicted molar refractivity (Wildman–Crippen MR) is 114 cm³/mol. The van der Waals surface area contributed by atoms with Crippen molar-refractivity contribution in [2.24, 2.45) is 0 Å². The van der Waals surface area contributed by atoms with Crippen molar-refractivity contribution < 1.29 is 29.6 Å². The van der Waals surface area contributed by atoms with Crippen LogP contribution in [0.25, 0.3) is 6.08 Å². The zero-order chi connectivity index (χ0) is 22.0. The van der Waals surface area contributed by atoms with Crippen molar-refractivity contribution >= 4 is 18.0 Å². The van der Waals surface area contributed by atoms with Crippen LogP contribution in [0.3, 0.4) is 0 Å². The van der Waals surface area contributed by atoms with Gasteiger partial charge in [-0.05, 0) is 52.9 Å². The molecule has 0 spiro atoms. The van der Waals surface area contributed by atoms with Gasteiger partial charge in [0.15, 0.2) is 0 Å². The molecule has 2 unspecified atom stereocenters. The molecule has 0 saturated carbocycles. The summed E-state index contributed by atoms with van der Waals surface area (Å²) in [7, 11) is 0. The molecule has 6 nitrogen and oxygen atoms in total. The number of carboxylic acids is 1. The molecule has 4 rings (SSSR count). The standard InChI is InChI=1S/C25H20O6/c26-18-8-6-17(7-9-18)24-21(20-11-10-19(27)14-22(20)31-25(24)30)13-16-3-1-15(2-4-16)5-12-23(28)29/h1-12,14,21,24,26-27H,13H2,(H,28,29). The Labute approximate surface area is 178 Å². The Balaban J connectivity index is 1.71. The zero-order valence-electron chi connectivity index (χ0n) is 16.4. The smallest absolute Gasteiger partial charge is 0.328 e. The number of phenols is 2. The number of esters is 1. The van der Waals surface area contributed by atoms with E-state index in [9.17, 15) is 19.8 Å². The molecule has 0 saturated heterocycles. The minimum absolute atomic E-state index is 0.0166. The molecule has 3 aromatic rings. The van der Waals surface area contributed by atoms with Crippen LogP contribution in [-0.2, 0) is 16.0 Å². The highest BCUT2D eigenvalue weighted by molar-refractivity contribution is 5.85. The SMILES string of the molecule is O=C(O)C=Cc1ccc(CC2c3ccc(O)cc3OC(=O)C2c2ccc(O)cc2)cc1. The molecule has 156 valence electrons. The number of carbonyl (C=O) groups excluding carboxylic acids is 1. The molecule has 0 radical (unpaired) electrons. The third-order valence-electron chi connectivity index (χ3n) is 5.37. The van der Waals surface area contributed by atoms with Crippen molar-refractivity contribution in [1.82, 2.24) is 0 Å². The number of aliphatic carboxylic acids is 1. The Kier molecular flexibility index (Phi) is 5.45. The van der Waals surface area contributed by atoms with Crippen molar-refractivity contribution in [2.75, 3.05) is 0 Å². The van der Waals surface area contributed by atoms with Crippen LogP contribution in [0.5, 0.6) is 17.2 Å². The van der Waals surface area contributed by atoms with Crippen LogP contribution in [0.4, 0.5) is 0 Å². The van der Waals surface area contributed by atoms with E-state index in [2.05, 4.69) is 0 Å². The van der Waals surface area contributed by atoms with E-state index in [1.165, 1.54) is 24.3 Å². The number of aromatic hydroxyl groups is 2. The lowest BCUT2D eigenvalue weighted by molar-refractivity contribution is -0.138. The highest BCUT2D eigenvalue weighted by atomic mass is 16.5. The van der Waals surface area contributed by atoms with Gasteiger partial charge >= 0.3 is 11.9 Å². The fraction of sp³-hybridized carbons (Fsp3) is 0.120. The van der Waals surface area contributed by atoms with E-state index in [-0.39, 0.29) is 17.4 Å². The second-order valence-electron chi connectivity index (χ2n) is 7.44. The molecule has 31 heavy (non-hydrogen) atoms. The first-order chi connectivity index (χ1) is 14.9. The van der Waals surface area contributed by atoms with E-state index < -0.39 is 17.9 Å². The Morgan fingerprint density at radius 1 is 0.935 bits per heavy atom. The van der Waals surface area contributed by atoms with Crippen molar-refractivity contribution in [3.63, 3.8) is 0 Å². The van der Waals surface area contributed by atoms with E-state index in [1.54, 1.807) is 24.3 Å². The highest BCUT2D eigenvalue weighted by Crippen LogP contribution is 2.45. The van der Waals surface area contributed by atoms with Crippen LogP contribution in [0.1, 0.15) is 34.1 Å². The average Bonchev–Trinajstić information content (AvgIpc) is 2.74. The zero-order valence-corrected chi connectivity index (χ0v) is 16.4. The van der Waals surface area contributed by atoms with Crippen LogP contribution in [0.2, 0.25) is 0 Å². The average molecular weight is 416 g/mol. The van der Waals surface area contributed by atoms with E-state index in [0.29, 0.717) is 12.2 Å². The maximum atomic E-state index is 12.9. The molecule has 0 amide bonds. The van der Waals surface area contributed by atoms with Crippen molar-refractivity contribution in [2.45, 2.75) is 18.3 Å². The summed E-state index contributed by atoms with van der Waals surface area (Å²) in [4.78, 5) is 23.6. The lowest BCUT2D eigenvalue weighted by atomic mass is 9.76. The minimum atomic E-state index is -1.01. The van der Waals surface area contributed by atoms with Gasteiger partial charge in [0.2, 0.25) is 0 Å². The maximum absolute atomic E-state index is 12.9. The van der Waals surface area contributed by atoms with Crippen molar-refractivity contribution in [3.8, 4) is 17.2 Å². The van der Waals surface area contributed by atoms with E-state index in [1.807, 2.05) is 24.3 Å². The Morgan fingerprint density at radius 2 is 1.61 bits per heavy atom. The normalized spacial score (nSPS) is 17.9. The summed E-state index contributed by atoms with van der Waals surface area (Å²) in [5, 5.41) is 28.2. The first-order valence-corrected chi connectivity index (χ1v) is 9.74. The quantitative estimate of drug-likeness (QED) is 0.327. The molecule has 6 heteroatoms. The maximum Gasteiger partial charge on any atom is 0.328 e. The largest absolute Gasteiger partial charge is 0.508 e. The second-order valence-corrected chi connectivity index (χ2v) is 7.44. The number of carboxylic acid groups (broad SMARTS) is 1. The van der Waals surface area contributed by atoms with Gasteiger partial charge in [-0.3, -0.25) is 4.79 Å². The number of benzene rings is 3. The van der Waals surface area contributed by atoms with Crippen molar-refractivity contribution in [3.05, 3.63) is 95.1 Å². The number of hydrogen-bond donors (Lipinski definition) is 3. The van der Waals surface area contributed by atoms with E-state index in [4.69, 9.17) is 9.84 Å². The van der Waals surface area contributed by atoms with Crippen LogP contribution in [0.15, 0.2) is 72.8 Å². The van der Waals surface area contributed by atoms with E-state index >= 15 is 0 Å². The van der Waals surface area contributed by atoms with Crippen LogP contribution < -0.4 is 4.74 Å². The number of phenolic OH excluding ortho intramolecular Hbond substituents is 2. The molecule has 3 aromatic carbocycles. The summed E-state index contributed by atoms with van der Waals surface area (Å²) in [6.07, 6.45) is 3.12. The third-order valence-corrected chi connectivity index (χ3v) is 5.37. The Bertz CT molecular complexity index is 1150. The third kappa shape index (κ3) is 4.43. The van der Waals surface area contributed by atoms with Gasteiger partial charge in [0, 0.05) is 18.1 Å². The fourth-order valence-corrected chi connectivity index (χ4v) is 3.90. The Morgan fingerprint density at radius 3 is 2.29 bits per heavy atom. The number of fused-ring (bicyclic) bond motifs is 1. The fourth-order valence-electron chi connectivity index (χ4n) is 3.90. The number of hydrogen-bond acceptors (Lipinski definition) is 5. The lowest BCUT2D eigenvalue weighted by Gasteiger charge is -2.32. The summed E-state index contributed by atoms with van der Waals surface area (Å²) in [5.74, 6) is -1.80. The van der Waals surface area contributed by atoms with Gasteiger partial charge in [0.25, 0.3) is 0 Å². The molecular weight excluding hydrogens is 396 g/mol. The topological polar surface area (TPSA) is 104 Å². The number of rotatable bonds is 5.